The molecule has 0 heterocycles. The minimum Gasteiger partial charge on any atom is -0.458 e. The third-order valence-corrected chi connectivity index (χ3v) is 2.20. The highest BCUT2D eigenvalue weighted by Crippen LogP contribution is 2.24. The number of ether oxygens (including phenoxy) is 1. The number of carbonyl (C=O) groups excluding carboxylic acids is 1. The van der Waals surface area contributed by atoms with E-state index in [9.17, 15) is 14.9 Å². The number of nitro groups is 1. The van der Waals surface area contributed by atoms with Crippen LogP contribution in [0.15, 0.2) is 35.3 Å². The van der Waals surface area contributed by atoms with Gasteiger partial charge in [0.2, 0.25) is 0 Å². The maximum Gasteiger partial charge on any atom is 0.345 e. The van der Waals surface area contributed by atoms with Crippen LogP contribution in [-0.4, -0.2) is 17.5 Å². The summed E-state index contributed by atoms with van der Waals surface area (Å²) in [5.74, 6) is -0.737. The minimum absolute atomic E-state index is 0.0199. The van der Waals surface area contributed by atoms with E-state index in [2.05, 4.69) is 22.5 Å². The highest BCUT2D eigenvalue weighted by atomic mass is 79.9. The number of benzene rings is 1. The molecular formula is C10H8BrNO4. The Labute approximate surface area is 100.0 Å². The molecule has 5 nitrogen and oxygen atoms in total. The van der Waals surface area contributed by atoms with Crippen molar-refractivity contribution in [3.63, 3.8) is 0 Å². The third kappa shape index (κ3) is 2.90. The Balaban J connectivity index is 3.07. The summed E-state index contributed by atoms with van der Waals surface area (Å²) in [4.78, 5) is 21.5. The molecule has 0 fully saturated rings. The topological polar surface area (TPSA) is 69.4 Å². The molecule has 0 aliphatic carbocycles. The lowest BCUT2D eigenvalue weighted by atomic mass is 10.2. The molecule has 0 amide bonds. The zero-order chi connectivity index (χ0) is 12.1. The summed E-state index contributed by atoms with van der Waals surface area (Å²) in [5, 5.41) is 10.7. The number of carbonyl (C=O) groups is 1. The monoisotopic (exact) mass is 285 g/mol. The van der Waals surface area contributed by atoms with E-state index in [0.717, 1.165) is 0 Å². The van der Waals surface area contributed by atoms with E-state index in [0.29, 0.717) is 4.47 Å². The van der Waals surface area contributed by atoms with Gasteiger partial charge in [0, 0.05) is 10.5 Å². The van der Waals surface area contributed by atoms with E-state index >= 15 is 0 Å². The summed E-state index contributed by atoms with van der Waals surface area (Å²) in [7, 11) is 0. The van der Waals surface area contributed by atoms with E-state index < -0.39 is 10.9 Å². The molecule has 0 bridgehead atoms. The lowest BCUT2D eigenvalue weighted by molar-refractivity contribution is -0.385. The maximum atomic E-state index is 11.5. The number of esters is 1. The van der Waals surface area contributed by atoms with Crippen molar-refractivity contribution in [2.75, 3.05) is 6.61 Å². The fourth-order valence-electron chi connectivity index (χ4n) is 1.04. The summed E-state index contributed by atoms with van der Waals surface area (Å²) in [6, 6.07) is 4.13. The fourth-order valence-corrected chi connectivity index (χ4v) is 1.39. The van der Waals surface area contributed by atoms with Gasteiger partial charge in [0.15, 0.2) is 0 Å². The number of nitro benzene ring substituents is 1. The van der Waals surface area contributed by atoms with Crippen LogP contribution < -0.4 is 0 Å². The zero-order valence-electron chi connectivity index (χ0n) is 8.18. The predicted octanol–water partition coefficient (Wildman–Crippen LogP) is 2.70. The summed E-state index contributed by atoms with van der Waals surface area (Å²) in [6.45, 7) is 3.40. The van der Waals surface area contributed by atoms with Crippen LogP contribution in [0.1, 0.15) is 10.4 Å². The average Bonchev–Trinajstić information content (AvgIpc) is 2.25. The number of hydrogen-bond acceptors (Lipinski definition) is 4. The standard InChI is InChI=1S/C10H8BrNO4/c1-2-5-16-10(13)8-4-3-7(11)6-9(8)12(14)15/h2-4,6H,1,5H2. The van der Waals surface area contributed by atoms with Crippen molar-refractivity contribution >= 4 is 27.6 Å². The first-order valence-corrected chi connectivity index (χ1v) is 5.07. The van der Waals surface area contributed by atoms with Crippen LogP contribution in [0.25, 0.3) is 0 Å². The van der Waals surface area contributed by atoms with Crippen molar-refractivity contribution in [1.82, 2.24) is 0 Å². The van der Waals surface area contributed by atoms with E-state index in [1.165, 1.54) is 24.3 Å². The first-order chi connectivity index (χ1) is 7.56. The third-order valence-electron chi connectivity index (χ3n) is 1.71. The van der Waals surface area contributed by atoms with E-state index in [1.807, 2.05) is 0 Å². The Bertz CT molecular complexity index is 444. The quantitative estimate of drug-likeness (QED) is 0.369. The van der Waals surface area contributed by atoms with Gasteiger partial charge in [0.05, 0.1) is 4.92 Å². The molecule has 16 heavy (non-hydrogen) atoms. The van der Waals surface area contributed by atoms with Gasteiger partial charge in [-0.2, -0.15) is 0 Å². The molecule has 0 aliphatic rings. The normalized spacial score (nSPS) is 9.56. The van der Waals surface area contributed by atoms with Crippen molar-refractivity contribution < 1.29 is 14.5 Å². The molecule has 1 aromatic rings. The molecule has 84 valence electrons. The van der Waals surface area contributed by atoms with Crippen molar-refractivity contribution in [2.24, 2.45) is 0 Å². The van der Waals surface area contributed by atoms with Crippen LogP contribution in [0, 0.1) is 10.1 Å². The van der Waals surface area contributed by atoms with Gasteiger partial charge in [-0.25, -0.2) is 4.79 Å². The van der Waals surface area contributed by atoms with Gasteiger partial charge in [-0.15, -0.1) is 0 Å². The van der Waals surface area contributed by atoms with Crippen LogP contribution in [0.2, 0.25) is 0 Å². The van der Waals surface area contributed by atoms with Gasteiger partial charge in [-0.05, 0) is 12.1 Å². The van der Waals surface area contributed by atoms with Crippen LogP contribution in [0.3, 0.4) is 0 Å². The molecule has 0 atom stereocenters. The molecule has 0 aromatic heterocycles. The molecule has 0 unspecified atom stereocenters. The Morgan fingerprint density at radius 3 is 2.88 bits per heavy atom. The Morgan fingerprint density at radius 2 is 2.31 bits per heavy atom. The molecule has 0 aliphatic heterocycles. The van der Waals surface area contributed by atoms with Crippen molar-refractivity contribution in [3.8, 4) is 0 Å². The predicted molar refractivity (Wildman–Crippen MR) is 61.3 cm³/mol. The number of rotatable bonds is 4. The average molecular weight is 286 g/mol. The van der Waals surface area contributed by atoms with Crippen molar-refractivity contribution in [1.29, 1.82) is 0 Å². The lowest BCUT2D eigenvalue weighted by Gasteiger charge is -2.03. The highest BCUT2D eigenvalue weighted by Gasteiger charge is 2.21. The molecule has 0 radical (unpaired) electrons. The largest absolute Gasteiger partial charge is 0.458 e. The highest BCUT2D eigenvalue weighted by molar-refractivity contribution is 9.10. The first-order valence-electron chi connectivity index (χ1n) is 4.28. The Morgan fingerprint density at radius 1 is 1.62 bits per heavy atom. The van der Waals surface area contributed by atoms with Crippen LogP contribution in [0.4, 0.5) is 5.69 Å². The summed E-state index contributed by atoms with van der Waals surface area (Å²) in [5.41, 5.74) is -0.363. The molecule has 0 N–H and O–H groups in total. The molecule has 1 rings (SSSR count). The number of halogens is 1. The molecule has 0 spiro atoms. The fraction of sp³-hybridized carbons (Fsp3) is 0.100. The molecule has 6 heteroatoms. The summed E-state index contributed by atoms with van der Waals surface area (Å²) >= 11 is 3.09. The smallest absolute Gasteiger partial charge is 0.345 e. The second kappa shape index (κ2) is 5.41. The van der Waals surface area contributed by atoms with Crippen molar-refractivity contribution in [2.45, 2.75) is 0 Å². The number of nitrogens with zero attached hydrogens (tertiary/aromatic N) is 1. The van der Waals surface area contributed by atoms with Gasteiger partial charge in [0.1, 0.15) is 12.2 Å². The van der Waals surface area contributed by atoms with Crippen LogP contribution in [-0.2, 0) is 4.74 Å². The van der Waals surface area contributed by atoms with Gasteiger partial charge < -0.3 is 4.74 Å². The van der Waals surface area contributed by atoms with Gasteiger partial charge >= 0.3 is 5.97 Å². The van der Waals surface area contributed by atoms with Crippen LogP contribution in [0.5, 0.6) is 0 Å². The molecule has 0 saturated heterocycles. The molecular weight excluding hydrogens is 278 g/mol. The van der Waals surface area contributed by atoms with Crippen molar-refractivity contribution in [3.05, 3.63) is 51.0 Å². The second-order valence-electron chi connectivity index (χ2n) is 2.81. The molecule has 0 saturated carbocycles. The van der Waals surface area contributed by atoms with Gasteiger partial charge in [0.25, 0.3) is 5.69 Å². The summed E-state index contributed by atoms with van der Waals surface area (Å²) < 4.78 is 5.26. The zero-order valence-corrected chi connectivity index (χ0v) is 9.77. The van der Waals surface area contributed by atoms with Gasteiger partial charge in [-0.1, -0.05) is 28.6 Å². The Hall–Kier alpha value is -1.69. The SMILES string of the molecule is C=CCOC(=O)c1ccc(Br)cc1[N+](=O)[O-]. The van der Waals surface area contributed by atoms with E-state index in [4.69, 9.17) is 4.74 Å². The van der Waals surface area contributed by atoms with Gasteiger partial charge in [-0.3, -0.25) is 10.1 Å². The minimum atomic E-state index is -0.737. The second-order valence-corrected chi connectivity index (χ2v) is 3.72. The summed E-state index contributed by atoms with van der Waals surface area (Å²) in [6.07, 6.45) is 1.39. The maximum absolute atomic E-state index is 11.5. The van der Waals surface area contributed by atoms with E-state index in [1.54, 1.807) is 0 Å². The Kier molecular flexibility index (Phi) is 4.19. The molecule has 1 aromatic carbocycles. The number of hydrogen-bond donors (Lipinski definition) is 0. The first kappa shape index (κ1) is 12.4. The lowest BCUT2D eigenvalue weighted by Crippen LogP contribution is -2.08. The van der Waals surface area contributed by atoms with E-state index in [-0.39, 0.29) is 17.9 Å². The van der Waals surface area contributed by atoms with Crippen LogP contribution >= 0.6 is 15.9 Å².